The Bertz CT molecular complexity index is 710. The molecule has 0 aliphatic heterocycles. The van der Waals surface area contributed by atoms with Gasteiger partial charge in [0.05, 0.1) is 0 Å². The monoisotopic (exact) mass is 266 g/mol. The molecule has 8 heteroatoms. The molecule has 2 aromatic rings. The number of nitrogens with two attached hydrogens (primary N) is 1. The van der Waals surface area contributed by atoms with Crippen LogP contribution in [0, 0.1) is 0 Å². The number of aryl methyl sites for hydroxylation is 1. The van der Waals surface area contributed by atoms with E-state index >= 15 is 0 Å². The summed E-state index contributed by atoms with van der Waals surface area (Å²) in [6, 6.07) is 0.0138. The largest absolute Gasteiger partial charge is 0.354 e. The van der Waals surface area contributed by atoms with Crippen LogP contribution in [-0.2, 0) is 14.1 Å². The fourth-order valence-electron chi connectivity index (χ4n) is 1.78. The van der Waals surface area contributed by atoms with Gasteiger partial charge < -0.3 is 16.0 Å². The van der Waals surface area contributed by atoms with E-state index < -0.39 is 11.2 Å². The zero-order valence-corrected chi connectivity index (χ0v) is 11.2. The average Bonchev–Trinajstić information content (AvgIpc) is 2.84. The molecular formula is C11H18N6O2. The zero-order chi connectivity index (χ0) is 14.2. The highest BCUT2D eigenvalue weighted by Gasteiger charge is 2.13. The van der Waals surface area contributed by atoms with Crippen LogP contribution in [0.2, 0.25) is 0 Å². The summed E-state index contributed by atoms with van der Waals surface area (Å²) in [5.41, 5.74) is 5.64. The van der Waals surface area contributed by atoms with Gasteiger partial charge in [0.15, 0.2) is 11.2 Å². The third-order valence-electron chi connectivity index (χ3n) is 3.15. The minimum atomic E-state index is -0.402. The quantitative estimate of drug-likeness (QED) is 0.665. The molecule has 0 aliphatic rings. The van der Waals surface area contributed by atoms with E-state index in [4.69, 9.17) is 5.73 Å². The summed E-state index contributed by atoms with van der Waals surface area (Å²) >= 11 is 0. The Labute approximate surface area is 109 Å². The molecule has 0 fully saturated rings. The second-order valence-electron chi connectivity index (χ2n) is 4.54. The van der Waals surface area contributed by atoms with Gasteiger partial charge in [-0.2, -0.15) is 4.98 Å². The van der Waals surface area contributed by atoms with Crippen LogP contribution >= 0.6 is 0 Å². The molecule has 1 unspecified atom stereocenters. The highest BCUT2D eigenvalue weighted by Crippen LogP contribution is 2.08. The van der Waals surface area contributed by atoms with Crippen molar-refractivity contribution in [3.05, 3.63) is 20.8 Å². The van der Waals surface area contributed by atoms with E-state index in [1.807, 2.05) is 6.92 Å². The first-order chi connectivity index (χ1) is 8.95. The molecule has 0 aromatic carbocycles. The van der Waals surface area contributed by atoms with Crippen molar-refractivity contribution >= 4 is 17.1 Å². The molecule has 0 saturated carbocycles. The maximum Gasteiger partial charge on any atom is 0.332 e. The van der Waals surface area contributed by atoms with E-state index in [2.05, 4.69) is 15.3 Å². The van der Waals surface area contributed by atoms with Crippen LogP contribution in [0.4, 0.5) is 5.95 Å². The number of nitrogens with zero attached hydrogens (tertiary/aromatic N) is 3. The first kappa shape index (κ1) is 13.3. The van der Waals surface area contributed by atoms with Crippen LogP contribution in [0.5, 0.6) is 0 Å². The molecule has 104 valence electrons. The zero-order valence-electron chi connectivity index (χ0n) is 11.2. The molecule has 19 heavy (non-hydrogen) atoms. The number of rotatable bonds is 4. The maximum absolute atomic E-state index is 11.9. The van der Waals surface area contributed by atoms with Crippen LogP contribution in [0.1, 0.15) is 13.3 Å². The average molecular weight is 266 g/mol. The van der Waals surface area contributed by atoms with Gasteiger partial charge in [-0.3, -0.25) is 13.9 Å². The van der Waals surface area contributed by atoms with E-state index in [0.717, 1.165) is 11.0 Å². The fourth-order valence-corrected chi connectivity index (χ4v) is 1.78. The van der Waals surface area contributed by atoms with Gasteiger partial charge >= 0.3 is 5.69 Å². The fraction of sp³-hybridized carbons (Fsp3) is 0.545. The Morgan fingerprint density at radius 3 is 2.68 bits per heavy atom. The molecule has 0 radical (unpaired) electrons. The summed E-state index contributed by atoms with van der Waals surface area (Å²) < 4.78 is 2.38. The van der Waals surface area contributed by atoms with Gasteiger partial charge in [-0.15, -0.1) is 0 Å². The molecule has 1 atom stereocenters. The summed E-state index contributed by atoms with van der Waals surface area (Å²) in [5, 5.41) is 3.02. The highest BCUT2D eigenvalue weighted by atomic mass is 16.2. The maximum atomic E-state index is 11.9. The Balaban J connectivity index is 2.46. The first-order valence-electron chi connectivity index (χ1n) is 6.10. The lowest BCUT2D eigenvalue weighted by Crippen LogP contribution is -2.36. The van der Waals surface area contributed by atoms with Gasteiger partial charge in [0.1, 0.15) is 0 Å². The third kappa shape index (κ3) is 2.26. The van der Waals surface area contributed by atoms with E-state index in [-0.39, 0.29) is 6.04 Å². The lowest BCUT2D eigenvalue weighted by atomic mass is 10.2. The van der Waals surface area contributed by atoms with Crippen molar-refractivity contribution in [2.24, 2.45) is 19.8 Å². The van der Waals surface area contributed by atoms with Gasteiger partial charge in [-0.05, 0) is 6.42 Å². The number of hydrogen-bond acceptors (Lipinski definition) is 5. The summed E-state index contributed by atoms with van der Waals surface area (Å²) in [4.78, 5) is 30.8. The van der Waals surface area contributed by atoms with Crippen LogP contribution in [0.3, 0.4) is 0 Å². The van der Waals surface area contributed by atoms with Gasteiger partial charge in [-0.1, -0.05) is 6.92 Å². The summed E-state index contributed by atoms with van der Waals surface area (Å²) in [6.07, 6.45) is 0.841. The molecule has 8 nitrogen and oxygen atoms in total. The van der Waals surface area contributed by atoms with Crippen molar-refractivity contribution in [1.82, 2.24) is 19.1 Å². The van der Waals surface area contributed by atoms with Crippen molar-refractivity contribution in [2.45, 2.75) is 19.4 Å². The predicted octanol–water partition coefficient (Wildman–Crippen LogP) is -0.890. The molecule has 2 rings (SSSR count). The molecule has 0 spiro atoms. The number of imidazole rings is 1. The first-order valence-corrected chi connectivity index (χ1v) is 6.10. The lowest BCUT2D eigenvalue weighted by Gasteiger charge is -2.08. The number of hydrogen-bond donors (Lipinski definition) is 3. The molecular weight excluding hydrogens is 248 g/mol. The van der Waals surface area contributed by atoms with Gasteiger partial charge in [0, 0.05) is 26.7 Å². The second kappa shape index (κ2) is 4.88. The van der Waals surface area contributed by atoms with Crippen molar-refractivity contribution in [1.29, 1.82) is 0 Å². The van der Waals surface area contributed by atoms with Crippen LogP contribution in [0.15, 0.2) is 9.59 Å². The summed E-state index contributed by atoms with van der Waals surface area (Å²) in [7, 11) is 3.01. The molecule has 0 bridgehead atoms. The standard InChI is InChI=1S/C11H18N6O2/c1-4-6(12)5-13-10-14-7-8(15-10)16(2)11(19)17(3)9(7)18/h6H,4-5,12H2,1-3H3,(H2,13,14,15). The minimum Gasteiger partial charge on any atom is -0.354 e. The molecule has 2 heterocycles. The van der Waals surface area contributed by atoms with Crippen LogP contribution < -0.4 is 22.3 Å². The number of nitrogens with one attached hydrogen (secondary N) is 2. The Hall–Kier alpha value is -2.09. The molecule has 0 amide bonds. The third-order valence-corrected chi connectivity index (χ3v) is 3.15. The minimum absolute atomic E-state index is 0.0138. The van der Waals surface area contributed by atoms with E-state index in [9.17, 15) is 9.59 Å². The molecule has 2 aromatic heterocycles. The number of H-pyrrole nitrogens is 1. The molecule has 4 N–H and O–H groups in total. The number of aromatic amines is 1. The SMILES string of the molecule is CCC(N)CNc1nc2c([nH]1)c(=O)n(C)c(=O)n2C. The van der Waals surface area contributed by atoms with Crippen molar-refractivity contribution < 1.29 is 0 Å². The number of anilines is 1. The van der Waals surface area contributed by atoms with E-state index in [0.29, 0.717) is 23.7 Å². The summed E-state index contributed by atoms with van der Waals surface area (Å²) in [5.74, 6) is 0.442. The van der Waals surface area contributed by atoms with Crippen LogP contribution in [0.25, 0.3) is 11.2 Å². The normalized spacial score (nSPS) is 12.8. The lowest BCUT2D eigenvalue weighted by molar-refractivity contribution is 0.677. The highest BCUT2D eigenvalue weighted by molar-refractivity contribution is 5.72. The van der Waals surface area contributed by atoms with E-state index in [1.54, 1.807) is 7.05 Å². The van der Waals surface area contributed by atoms with E-state index in [1.165, 1.54) is 11.6 Å². The summed E-state index contributed by atoms with van der Waals surface area (Å²) in [6.45, 7) is 2.54. The van der Waals surface area contributed by atoms with Gasteiger partial charge in [-0.25, -0.2) is 4.79 Å². The second-order valence-corrected chi connectivity index (χ2v) is 4.54. The Kier molecular flexibility index (Phi) is 3.43. The van der Waals surface area contributed by atoms with Gasteiger partial charge in [0.25, 0.3) is 5.56 Å². The van der Waals surface area contributed by atoms with Crippen molar-refractivity contribution in [2.75, 3.05) is 11.9 Å². The number of aromatic nitrogens is 4. The van der Waals surface area contributed by atoms with Gasteiger partial charge in [0.2, 0.25) is 5.95 Å². The predicted molar refractivity (Wildman–Crippen MR) is 73.3 cm³/mol. The smallest absolute Gasteiger partial charge is 0.332 e. The number of fused-ring (bicyclic) bond motifs is 1. The Morgan fingerprint density at radius 1 is 1.37 bits per heavy atom. The van der Waals surface area contributed by atoms with Crippen LogP contribution in [-0.4, -0.2) is 31.7 Å². The topological polar surface area (TPSA) is 111 Å². The molecule has 0 saturated heterocycles. The Morgan fingerprint density at radius 2 is 2.05 bits per heavy atom. The van der Waals surface area contributed by atoms with Crippen molar-refractivity contribution in [3.63, 3.8) is 0 Å². The van der Waals surface area contributed by atoms with Crippen molar-refractivity contribution in [3.8, 4) is 0 Å². The molecule has 0 aliphatic carbocycles.